The molecule has 2 heteroatoms. The van der Waals surface area contributed by atoms with E-state index >= 15 is 0 Å². The van der Waals surface area contributed by atoms with Gasteiger partial charge in [-0.3, -0.25) is 4.98 Å². The summed E-state index contributed by atoms with van der Waals surface area (Å²) in [5.41, 5.74) is 6.95. The van der Waals surface area contributed by atoms with Gasteiger partial charge in [-0.2, -0.15) is 0 Å². The van der Waals surface area contributed by atoms with Crippen molar-refractivity contribution in [3.63, 3.8) is 0 Å². The van der Waals surface area contributed by atoms with Crippen molar-refractivity contribution in [2.45, 2.75) is 76.0 Å². The van der Waals surface area contributed by atoms with Crippen molar-refractivity contribution >= 4 is 21.9 Å². The van der Waals surface area contributed by atoms with E-state index in [1.807, 2.05) is 0 Å². The standard InChI is InChI=1S/C29H31NO/c1-3-8-20(9-4-1)22-15-17-28-26(18-22)24-12-7-13-25(29(24)31-28)27-16-14-23(19-30-27)21-10-5-2-6-11-21/h7,12-21H,1-6,8-11H2. The molecule has 0 N–H and O–H groups in total. The molecule has 4 aromatic rings. The van der Waals surface area contributed by atoms with Crippen LogP contribution in [-0.2, 0) is 0 Å². The lowest BCUT2D eigenvalue weighted by molar-refractivity contribution is 0.443. The van der Waals surface area contributed by atoms with Crippen LogP contribution >= 0.6 is 0 Å². The molecule has 2 aromatic heterocycles. The molecule has 2 aliphatic carbocycles. The van der Waals surface area contributed by atoms with Crippen LogP contribution in [0.4, 0.5) is 0 Å². The molecule has 2 saturated carbocycles. The number of hydrogen-bond donors (Lipinski definition) is 0. The van der Waals surface area contributed by atoms with Crippen molar-refractivity contribution in [1.29, 1.82) is 0 Å². The van der Waals surface area contributed by atoms with Crippen LogP contribution in [-0.4, -0.2) is 4.98 Å². The fraction of sp³-hybridized carbons (Fsp3) is 0.414. The third-order valence-electron chi connectivity index (χ3n) is 7.74. The molecule has 0 spiro atoms. The highest BCUT2D eigenvalue weighted by atomic mass is 16.3. The maximum Gasteiger partial charge on any atom is 0.144 e. The summed E-state index contributed by atoms with van der Waals surface area (Å²) in [6.07, 6.45) is 15.6. The van der Waals surface area contributed by atoms with Crippen LogP contribution in [0.2, 0.25) is 0 Å². The van der Waals surface area contributed by atoms with Crippen LogP contribution in [0.5, 0.6) is 0 Å². The van der Waals surface area contributed by atoms with Crippen LogP contribution in [0.15, 0.2) is 59.1 Å². The number of pyridine rings is 1. The fourth-order valence-corrected chi connectivity index (χ4v) is 5.95. The Labute approximate surface area is 184 Å². The summed E-state index contributed by atoms with van der Waals surface area (Å²) in [6, 6.07) is 17.8. The van der Waals surface area contributed by atoms with Crippen molar-refractivity contribution in [2.75, 3.05) is 0 Å². The Balaban J connectivity index is 1.38. The third-order valence-corrected chi connectivity index (χ3v) is 7.74. The Morgan fingerprint density at radius 3 is 2.10 bits per heavy atom. The van der Waals surface area contributed by atoms with E-state index in [2.05, 4.69) is 54.7 Å². The molecule has 2 aromatic carbocycles. The zero-order valence-corrected chi connectivity index (χ0v) is 18.3. The zero-order chi connectivity index (χ0) is 20.6. The summed E-state index contributed by atoms with van der Waals surface area (Å²) in [5.74, 6) is 1.40. The molecule has 0 saturated heterocycles. The average Bonchev–Trinajstić information content (AvgIpc) is 3.23. The zero-order valence-electron chi connectivity index (χ0n) is 18.3. The number of furan rings is 1. The first-order chi connectivity index (χ1) is 15.4. The molecule has 2 fully saturated rings. The molecule has 2 nitrogen and oxygen atoms in total. The van der Waals surface area contributed by atoms with Crippen molar-refractivity contribution in [3.05, 3.63) is 65.9 Å². The number of fused-ring (bicyclic) bond motifs is 3. The number of hydrogen-bond acceptors (Lipinski definition) is 2. The van der Waals surface area contributed by atoms with Gasteiger partial charge in [0, 0.05) is 22.5 Å². The monoisotopic (exact) mass is 409 g/mol. The van der Waals surface area contributed by atoms with Gasteiger partial charge in [-0.25, -0.2) is 0 Å². The van der Waals surface area contributed by atoms with Gasteiger partial charge in [0.1, 0.15) is 11.2 Å². The minimum atomic E-state index is 0.690. The minimum absolute atomic E-state index is 0.690. The van der Waals surface area contributed by atoms with Gasteiger partial charge in [-0.05, 0) is 72.9 Å². The first kappa shape index (κ1) is 19.1. The van der Waals surface area contributed by atoms with Crippen molar-refractivity contribution in [3.8, 4) is 11.3 Å². The summed E-state index contributed by atoms with van der Waals surface area (Å²) in [4.78, 5) is 4.88. The molecular weight excluding hydrogens is 378 g/mol. The summed E-state index contributed by atoms with van der Waals surface area (Å²) in [7, 11) is 0. The van der Waals surface area contributed by atoms with Crippen molar-refractivity contribution in [1.82, 2.24) is 4.98 Å². The van der Waals surface area contributed by atoms with Gasteiger partial charge >= 0.3 is 0 Å². The topological polar surface area (TPSA) is 26.0 Å². The van der Waals surface area contributed by atoms with Gasteiger partial charge in [-0.1, -0.05) is 62.8 Å². The van der Waals surface area contributed by atoms with Crippen LogP contribution in [0.1, 0.15) is 87.2 Å². The van der Waals surface area contributed by atoms with Gasteiger partial charge in [0.2, 0.25) is 0 Å². The second kappa shape index (κ2) is 8.15. The van der Waals surface area contributed by atoms with E-state index in [0.29, 0.717) is 11.8 Å². The van der Waals surface area contributed by atoms with E-state index in [1.165, 1.54) is 86.1 Å². The van der Waals surface area contributed by atoms with E-state index in [1.54, 1.807) is 0 Å². The second-order valence-corrected chi connectivity index (χ2v) is 9.69. The lowest BCUT2D eigenvalue weighted by atomic mass is 9.84. The first-order valence-electron chi connectivity index (χ1n) is 12.3. The van der Waals surface area contributed by atoms with E-state index in [9.17, 15) is 0 Å². The average molecular weight is 410 g/mol. The van der Waals surface area contributed by atoms with Crippen LogP contribution in [0.3, 0.4) is 0 Å². The molecule has 158 valence electrons. The predicted octanol–water partition coefficient (Wildman–Crippen LogP) is 8.74. The largest absolute Gasteiger partial charge is 0.455 e. The molecule has 0 amide bonds. The van der Waals surface area contributed by atoms with Gasteiger partial charge in [0.15, 0.2) is 0 Å². The van der Waals surface area contributed by atoms with Gasteiger partial charge in [0.25, 0.3) is 0 Å². The Bertz CT molecular complexity index is 1190. The Morgan fingerprint density at radius 1 is 0.677 bits per heavy atom. The Morgan fingerprint density at radius 2 is 1.39 bits per heavy atom. The quantitative estimate of drug-likeness (QED) is 0.338. The molecule has 31 heavy (non-hydrogen) atoms. The lowest BCUT2D eigenvalue weighted by Gasteiger charge is -2.21. The molecule has 0 radical (unpaired) electrons. The third kappa shape index (κ3) is 3.56. The highest BCUT2D eigenvalue weighted by Crippen LogP contribution is 2.39. The molecule has 0 aliphatic heterocycles. The minimum Gasteiger partial charge on any atom is -0.455 e. The van der Waals surface area contributed by atoms with E-state index < -0.39 is 0 Å². The van der Waals surface area contributed by atoms with E-state index in [0.717, 1.165) is 22.4 Å². The smallest absolute Gasteiger partial charge is 0.144 e. The summed E-state index contributed by atoms with van der Waals surface area (Å²) >= 11 is 0. The molecule has 6 rings (SSSR count). The SMILES string of the molecule is c1cc(-c2ccc(C3CCCCC3)cn2)c2oc3ccc(C4CCCCC4)cc3c2c1. The first-order valence-corrected chi connectivity index (χ1v) is 12.3. The summed E-state index contributed by atoms with van der Waals surface area (Å²) in [6.45, 7) is 0. The molecule has 0 atom stereocenters. The van der Waals surface area contributed by atoms with Gasteiger partial charge in [-0.15, -0.1) is 0 Å². The van der Waals surface area contributed by atoms with Crippen LogP contribution in [0.25, 0.3) is 33.2 Å². The molecular formula is C29H31NO. The van der Waals surface area contributed by atoms with Crippen LogP contribution in [0, 0.1) is 0 Å². The number of para-hydroxylation sites is 1. The lowest BCUT2D eigenvalue weighted by Crippen LogP contribution is -2.04. The second-order valence-electron chi connectivity index (χ2n) is 9.69. The molecule has 0 bridgehead atoms. The molecule has 2 heterocycles. The Hall–Kier alpha value is -2.61. The number of nitrogens with zero attached hydrogens (tertiary/aromatic N) is 1. The van der Waals surface area contributed by atoms with Crippen LogP contribution < -0.4 is 0 Å². The van der Waals surface area contributed by atoms with Gasteiger partial charge < -0.3 is 4.42 Å². The summed E-state index contributed by atoms with van der Waals surface area (Å²) < 4.78 is 6.39. The highest BCUT2D eigenvalue weighted by Gasteiger charge is 2.19. The number of benzene rings is 2. The molecule has 2 aliphatic rings. The maximum absolute atomic E-state index is 6.39. The summed E-state index contributed by atoms with van der Waals surface area (Å²) in [5, 5.41) is 2.46. The Kier molecular flexibility index (Phi) is 5.02. The predicted molar refractivity (Wildman–Crippen MR) is 129 cm³/mol. The maximum atomic E-state index is 6.39. The van der Waals surface area contributed by atoms with Crippen molar-refractivity contribution in [2.24, 2.45) is 0 Å². The van der Waals surface area contributed by atoms with E-state index in [4.69, 9.17) is 9.40 Å². The number of rotatable bonds is 3. The normalized spacial score (nSPS) is 18.7. The number of aromatic nitrogens is 1. The highest BCUT2D eigenvalue weighted by molar-refractivity contribution is 6.09. The van der Waals surface area contributed by atoms with Crippen molar-refractivity contribution < 1.29 is 4.42 Å². The van der Waals surface area contributed by atoms with E-state index in [-0.39, 0.29) is 0 Å². The van der Waals surface area contributed by atoms with Gasteiger partial charge in [0.05, 0.1) is 5.69 Å². The molecule has 0 unspecified atom stereocenters. The fourth-order valence-electron chi connectivity index (χ4n) is 5.95.